The number of aromatic nitrogens is 2. The number of fused-ring (bicyclic) bond motifs is 1. The summed E-state index contributed by atoms with van der Waals surface area (Å²) in [5.41, 5.74) is 2.99. The van der Waals surface area contributed by atoms with Gasteiger partial charge in [-0.05, 0) is 67.8 Å². The smallest absolute Gasteiger partial charge is 0.225 e. The standard InChI is InChI=1S/C23H21N3O2S/c1-2-9-21-19(7-1)26-23(29-21)25-16-10-12-17(13-11-16)28-22-18(6-5-14-24-22)20-8-3-4-15-27-20/h1-2,5-7,9-14,20H,3-4,8,15H2,(H,25,26)/t20-/m1/s1. The van der Waals surface area contributed by atoms with E-state index in [0.717, 1.165) is 47.1 Å². The summed E-state index contributed by atoms with van der Waals surface area (Å²) in [6, 6.07) is 20.0. The lowest BCUT2D eigenvalue weighted by molar-refractivity contribution is 0.0135. The van der Waals surface area contributed by atoms with Crippen LogP contribution in [-0.2, 0) is 4.74 Å². The maximum absolute atomic E-state index is 6.08. The van der Waals surface area contributed by atoms with E-state index in [0.29, 0.717) is 5.88 Å². The molecule has 2 aromatic heterocycles. The molecule has 5 nitrogen and oxygen atoms in total. The summed E-state index contributed by atoms with van der Waals surface area (Å²) in [7, 11) is 0. The second-order valence-corrected chi connectivity index (χ2v) is 8.02. The van der Waals surface area contributed by atoms with E-state index >= 15 is 0 Å². The molecule has 0 radical (unpaired) electrons. The Hall–Kier alpha value is -2.96. The molecule has 0 unspecified atom stereocenters. The number of hydrogen-bond acceptors (Lipinski definition) is 6. The first-order chi connectivity index (χ1) is 14.3. The molecule has 0 bridgehead atoms. The van der Waals surface area contributed by atoms with Gasteiger partial charge < -0.3 is 14.8 Å². The lowest BCUT2D eigenvalue weighted by Crippen LogP contribution is -2.12. The maximum atomic E-state index is 6.08. The van der Waals surface area contributed by atoms with Crippen LogP contribution in [0.5, 0.6) is 11.6 Å². The summed E-state index contributed by atoms with van der Waals surface area (Å²) in [6.07, 6.45) is 5.12. The van der Waals surface area contributed by atoms with E-state index in [2.05, 4.69) is 21.4 Å². The first kappa shape index (κ1) is 18.1. The third-order valence-corrected chi connectivity index (χ3v) is 5.89. The van der Waals surface area contributed by atoms with E-state index in [4.69, 9.17) is 9.47 Å². The molecule has 1 atom stereocenters. The van der Waals surface area contributed by atoms with Crippen molar-refractivity contribution in [3.05, 3.63) is 72.4 Å². The second kappa shape index (κ2) is 8.19. The van der Waals surface area contributed by atoms with Crippen LogP contribution >= 0.6 is 11.3 Å². The first-order valence-corrected chi connectivity index (χ1v) is 10.6. The highest BCUT2D eigenvalue weighted by Crippen LogP contribution is 2.35. The zero-order valence-electron chi connectivity index (χ0n) is 15.9. The average Bonchev–Trinajstić information content (AvgIpc) is 3.18. The van der Waals surface area contributed by atoms with Gasteiger partial charge in [-0.25, -0.2) is 9.97 Å². The van der Waals surface area contributed by atoms with Gasteiger partial charge in [0.05, 0.1) is 16.3 Å². The molecule has 0 saturated carbocycles. The number of rotatable bonds is 5. The van der Waals surface area contributed by atoms with E-state index in [9.17, 15) is 0 Å². The Balaban J connectivity index is 1.31. The molecule has 6 heteroatoms. The van der Waals surface area contributed by atoms with Crippen molar-refractivity contribution < 1.29 is 9.47 Å². The largest absolute Gasteiger partial charge is 0.439 e. The molecular formula is C23H21N3O2S. The summed E-state index contributed by atoms with van der Waals surface area (Å²) in [5, 5.41) is 4.24. The minimum atomic E-state index is 0.0624. The highest BCUT2D eigenvalue weighted by Gasteiger charge is 2.21. The Bertz CT molecular complexity index is 1070. The van der Waals surface area contributed by atoms with Gasteiger partial charge in [-0.1, -0.05) is 23.5 Å². The van der Waals surface area contributed by atoms with Crippen LogP contribution in [0.2, 0.25) is 0 Å². The topological polar surface area (TPSA) is 56.3 Å². The predicted octanol–water partition coefficient (Wildman–Crippen LogP) is 6.47. The second-order valence-electron chi connectivity index (χ2n) is 6.99. The molecule has 1 saturated heterocycles. The number of nitrogens with one attached hydrogen (secondary N) is 1. The summed E-state index contributed by atoms with van der Waals surface area (Å²) in [5.74, 6) is 1.36. The van der Waals surface area contributed by atoms with Crippen LogP contribution in [0.3, 0.4) is 0 Å². The molecule has 0 aliphatic carbocycles. The lowest BCUT2D eigenvalue weighted by Gasteiger charge is -2.24. The molecule has 1 aliphatic rings. The number of pyridine rings is 1. The van der Waals surface area contributed by atoms with E-state index in [1.807, 2.05) is 54.6 Å². The number of benzene rings is 2. The fraction of sp³-hybridized carbons (Fsp3) is 0.217. The summed E-state index contributed by atoms with van der Waals surface area (Å²) >= 11 is 1.64. The minimum Gasteiger partial charge on any atom is -0.439 e. The number of anilines is 2. The van der Waals surface area contributed by atoms with Crippen molar-refractivity contribution in [1.82, 2.24) is 9.97 Å². The lowest BCUT2D eigenvalue weighted by atomic mass is 10.0. The number of hydrogen-bond donors (Lipinski definition) is 1. The van der Waals surface area contributed by atoms with E-state index < -0.39 is 0 Å². The molecule has 146 valence electrons. The van der Waals surface area contributed by atoms with E-state index in [-0.39, 0.29) is 6.10 Å². The summed E-state index contributed by atoms with van der Waals surface area (Å²) < 4.78 is 13.2. The van der Waals surface area contributed by atoms with Crippen molar-refractivity contribution >= 4 is 32.4 Å². The minimum absolute atomic E-state index is 0.0624. The number of nitrogens with zero attached hydrogens (tertiary/aromatic N) is 2. The normalized spacial score (nSPS) is 16.6. The molecule has 3 heterocycles. The van der Waals surface area contributed by atoms with E-state index in [1.54, 1.807) is 17.5 Å². The zero-order chi connectivity index (χ0) is 19.5. The number of ether oxygens (including phenoxy) is 2. The van der Waals surface area contributed by atoms with Crippen LogP contribution in [0.4, 0.5) is 10.8 Å². The van der Waals surface area contributed by atoms with Crippen molar-refractivity contribution in [3.8, 4) is 11.6 Å². The molecule has 29 heavy (non-hydrogen) atoms. The third kappa shape index (κ3) is 4.09. The van der Waals surface area contributed by atoms with Crippen molar-refractivity contribution in [2.75, 3.05) is 11.9 Å². The van der Waals surface area contributed by atoms with Crippen LogP contribution in [0.25, 0.3) is 10.2 Å². The number of thiazole rings is 1. The highest BCUT2D eigenvalue weighted by molar-refractivity contribution is 7.22. The Morgan fingerprint density at radius 1 is 1.00 bits per heavy atom. The van der Waals surface area contributed by atoms with Gasteiger partial charge in [0.25, 0.3) is 0 Å². The fourth-order valence-electron chi connectivity index (χ4n) is 3.49. The first-order valence-electron chi connectivity index (χ1n) is 9.82. The zero-order valence-corrected chi connectivity index (χ0v) is 16.7. The van der Waals surface area contributed by atoms with Crippen molar-refractivity contribution in [3.63, 3.8) is 0 Å². The van der Waals surface area contributed by atoms with Gasteiger partial charge in [0.15, 0.2) is 5.13 Å². The third-order valence-electron chi connectivity index (χ3n) is 4.94. The average molecular weight is 404 g/mol. The molecule has 0 spiro atoms. The molecule has 5 rings (SSSR count). The Morgan fingerprint density at radius 2 is 1.90 bits per heavy atom. The van der Waals surface area contributed by atoms with Gasteiger partial charge in [0.2, 0.25) is 5.88 Å². The van der Waals surface area contributed by atoms with Crippen LogP contribution in [0.1, 0.15) is 30.9 Å². The van der Waals surface area contributed by atoms with Gasteiger partial charge in [0, 0.05) is 24.1 Å². The van der Waals surface area contributed by atoms with Crippen molar-refractivity contribution in [2.24, 2.45) is 0 Å². The molecule has 1 fully saturated rings. The molecule has 2 aromatic carbocycles. The molecule has 4 aromatic rings. The fourth-order valence-corrected chi connectivity index (χ4v) is 4.37. The van der Waals surface area contributed by atoms with Crippen LogP contribution in [0.15, 0.2) is 66.9 Å². The molecule has 1 aliphatic heterocycles. The van der Waals surface area contributed by atoms with Crippen molar-refractivity contribution in [1.29, 1.82) is 0 Å². The van der Waals surface area contributed by atoms with Gasteiger partial charge in [-0.2, -0.15) is 0 Å². The maximum Gasteiger partial charge on any atom is 0.225 e. The van der Waals surface area contributed by atoms with Crippen LogP contribution < -0.4 is 10.1 Å². The van der Waals surface area contributed by atoms with Gasteiger partial charge >= 0.3 is 0 Å². The molecule has 0 amide bonds. The summed E-state index contributed by atoms with van der Waals surface area (Å²) in [4.78, 5) is 9.05. The molecule has 1 N–H and O–H groups in total. The number of para-hydroxylation sites is 1. The van der Waals surface area contributed by atoms with Crippen molar-refractivity contribution in [2.45, 2.75) is 25.4 Å². The van der Waals surface area contributed by atoms with Crippen LogP contribution in [0, 0.1) is 0 Å². The van der Waals surface area contributed by atoms with Gasteiger partial charge in [-0.15, -0.1) is 0 Å². The highest BCUT2D eigenvalue weighted by atomic mass is 32.1. The van der Waals surface area contributed by atoms with E-state index in [1.165, 1.54) is 11.1 Å². The van der Waals surface area contributed by atoms with Gasteiger partial charge in [0.1, 0.15) is 5.75 Å². The predicted molar refractivity (Wildman–Crippen MR) is 116 cm³/mol. The Labute approximate surface area is 173 Å². The van der Waals surface area contributed by atoms with Gasteiger partial charge in [-0.3, -0.25) is 0 Å². The monoisotopic (exact) mass is 403 g/mol. The summed E-state index contributed by atoms with van der Waals surface area (Å²) in [6.45, 7) is 0.797. The van der Waals surface area contributed by atoms with Crippen LogP contribution in [-0.4, -0.2) is 16.6 Å². The molecular weight excluding hydrogens is 382 g/mol. The Kier molecular flexibility index (Phi) is 5.11. The SMILES string of the molecule is c1cnc(Oc2ccc(Nc3nc4ccccc4s3)cc2)c([C@H]2CCCCO2)c1. The quantitative estimate of drug-likeness (QED) is 0.414. The Morgan fingerprint density at radius 3 is 2.72 bits per heavy atom.